The Hall–Kier alpha value is 0.1000. The Bertz CT molecular complexity index is 305. The zero-order valence-electron chi connectivity index (χ0n) is 10.2. The summed E-state index contributed by atoms with van der Waals surface area (Å²) in [5.74, 6) is 6.36. The van der Waals surface area contributed by atoms with Gasteiger partial charge in [-0.25, -0.2) is 0 Å². The normalized spacial score (nSPS) is 15.1. The van der Waals surface area contributed by atoms with Crippen molar-refractivity contribution < 1.29 is 0 Å². The van der Waals surface area contributed by atoms with Crippen LogP contribution >= 0.6 is 27.3 Å². The van der Waals surface area contributed by atoms with Gasteiger partial charge < -0.3 is 0 Å². The first-order chi connectivity index (χ1) is 7.58. The minimum atomic E-state index is 0.288. The number of rotatable bonds is 6. The van der Waals surface area contributed by atoms with Gasteiger partial charge in [0.2, 0.25) is 0 Å². The van der Waals surface area contributed by atoms with Crippen molar-refractivity contribution in [2.24, 2.45) is 11.8 Å². The molecule has 1 heterocycles. The van der Waals surface area contributed by atoms with Crippen molar-refractivity contribution in [3.05, 3.63) is 20.3 Å². The van der Waals surface area contributed by atoms with Crippen LogP contribution < -0.4 is 11.3 Å². The van der Waals surface area contributed by atoms with E-state index in [0.717, 1.165) is 6.42 Å². The predicted molar refractivity (Wildman–Crippen MR) is 75.5 cm³/mol. The molecular weight excluding hydrogens is 284 g/mol. The van der Waals surface area contributed by atoms with Gasteiger partial charge in [0.25, 0.3) is 0 Å². The number of nitrogens with one attached hydrogen (secondary N) is 1. The van der Waals surface area contributed by atoms with Gasteiger partial charge in [-0.1, -0.05) is 26.7 Å². The highest BCUT2D eigenvalue weighted by atomic mass is 79.9. The van der Waals surface area contributed by atoms with E-state index in [1.54, 1.807) is 11.3 Å². The Kier molecular flexibility index (Phi) is 5.97. The van der Waals surface area contributed by atoms with Crippen molar-refractivity contribution >= 4 is 27.3 Å². The predicted octanol–water partition coefficient (Wildman–Crippen LogP) is 4.15. The molecule has 0 saturated heterocycles. The third-order valence-electron chi connectivity index (χ3n) is 2.84. The molecule has 92 valence electrons. The third kappa shape index (κ3) is 3.84. The zero-order valence-corrected chi connectivity index (χ0v) is 12.6. The lowest BCUT2D eigenvalue weighted by Gasteiger charge is -2.18. The Morgan fingerprint density at radius 1 is 1.56 bits per heavy atom. The van der Waals surface area contributed by atoms with Crippen molar-refractivity contribution in [2.75, 3.05) is 0 Å². The number of thiophene rings is 1. The number of hydrogen-bond donors (Lipinski definition) is 2. The van der Waals surface area contributed by atoms with E-state index in [1.165, 1.54) is 27.1 Å². The van der Waals surface area contributed by atoms with E-state index in [-0.39, 0.29) is 6.04 Å². The Balaban J connectivity index is 2.67. The summed E-state index contributed by atoms with van der Waals surface area (Å²) in [4.78, 5) is 1.33. The van der Waals surface area contributed by atoms with Crippen molar-refractivity contribution in [3.63, 3.8) is 0 Å². The molecule has 0 aromatic carbocycles. The van der Waals surface area contributed by atoms with Crippen LogP contribution in [0, 0.1) is 12.8 Å². The quantitative estimate of drug-likeness (QED) is 0.612. The highest BCUT2D eigenvalue weighted by Gasteiger charge is 2.16. The minimum Gasteiger partial charge on any atom is -0.271 e. The van der Waals surface area contributed by atoms with Gasteiger partial charge in [-0.05, 0) is 46.8 Å². The summed E-state index contributed by atoms with van der Waals surface area (Å²) < 4.78 is 1.21. The molecule has 3 N–H and O–H groups in total. The van der Waals surface area contributed by atoms with Crippen LogP contribution in [0.2, 0.25) is 0 Å². The first-order valence-corrected chi connectivity index (χ1v) is 7.41. The molecular formula is C12H21BrN2S. The first-order valence-electron chi connectivity index (χ1n) is 5.80. The van der Waals surface area contributed by atoms with Crippen LogP contribution in [0.3, 0.4) is 0 Å². The lowest BCUT2D eigenvalue weighted by molar-refractivity contribution is 0.398. The minimum absolute atomic E-state index is 0.288. The maximum absolute atomic E-state index is 5.65. The van der Waals surface area contributed by atoms with Crippen molar-refractivity contribution in [1.82, 2.24) is 5.43 Å². The molecule has 2 nitrogen and oxygen atoms in total. The Morgan fingerprint density at radius 2 is 2.25 bits per heavy atom. The van der Waals surface area contributed by atoms with E-state index in [4.69, 9.17) is 5.84 Å². The molecule has 1 aromatic heterocycles. The van der Waals surface area contributed by atoms with Gasteiger partial charge >= 0.3 is 0 Å². The average molecular weight is 305 g/mol. The summed E-state index contributed by atoms with van der Waals surface area (Å²) in [5.41, 5.74) is 4.23. The van der Waals surface area contributed by atoms with Crippen molar-refractivity contribution in [3.8, 4) is 0 Å². The summed E-state index contributed by atoms with van der Waals surface area (Å²) in [6, 6.07) is 2.51. The fraction of sp³-hybridized carbons (Fsp3) is 0.667. The van der Waals surface area contributed by atoms with E-state index in [0.29, 0.717) is 5.92 Å². The van der Waals surface area contributed by atoms with Crippen LogP contribution in [-0.4, -0.2) is 0 Å². The lowest BCUT2D eigenvalue weighted by atomic mass is 9.96. The van der Waals surface area contributed by atoms with Crippen LogP contribution in [0.1, 0.15) is 49.6 Å². The maximum Gasteiger partial charge on any atom is 0.0731 e. The molecule has 0 aliphatic rings. The van der Waals surface area contributed by atoms with E-state index in [1.807, 2.05) is 0 Å². The van der Waals surface area contributed by atoms with Crippen molar-refractivity contribution in [1.29, 1.82) is 0 Å². The molecule has 4 heteroatoms. The standard InChI is InChI=1S/C12H21BrN2S/c1-4-5-8(2)6-10(15-14)11-7-9(3)12(13)16-11/h7-8,10,15H,4-6,14H2,1-3H3. The van der Waals surface area contributed by atoms with Gasteiger partial charge in [0.05, 0.1) is 9.83 Å². The summed E-state index contributed by atoms with van der Waals surface area (Å²) >= 11 is 5.34. The molecule has 0 aliphatic heterocycles. The van der Waals surface area contributed by atoms with Gasteiger partial charge in [0.1, 0.15) is 0 Å². The number of hydrazine groups is 1. The van der Waals surface area contributed by atoms with Gasteiger partial charge in [-0.15, -0.1) is 11.3 Å². The number of nitrogens with two attached hydrogens (primary N) is 1. The largest absolute Gasteiger partial charge is 0.271 e. The van der Waals surface area contributed by atoms with Crippen molar-refractivity contribution in [2.45, 2.75) is 46.1 Å². The third-order valence-corrected chi connectivity index (χ3v) is 5.09. The van der Waals surface area contributed by atoms with Crippen LogP contribution in [-0.2, 0) is 0 Å². The van der Waals surface area contributed by atoms with E-state index >= 15 is 0 Å². The second-order valence-electron chi connectivity index (χ2n) is 4.45. The smallest absolute Gasteiger partial charge is 0.0731 e. The Morgan fingerprint density at radius 3 is 2.69 bits per heavy atom. The average Bonchev–Trinajstić information content (AvgIpc) is 2.56. The molecule has 0 spiro atoms. The highest BCUT2D eigenvalue weighted by molar-refractivity contribution is 9.11. The van der Waals surface area contributed by atoms with Crippen LogP contribution in [0.15, 0.2) is 9.85 Å². The molecule has 0 amide bonds. The van der Waals surface area contributed by atoms with E-state index < -0.39 is 0 Å². The van der Waals surface area contributed by atoms with E-state index in [2.05, 4.69) is 48.2 Å². The molecule has 2 atom stereocenters. The van der Waals surface area contributed by atoms with E-state index in [9.17, 15) is 0 Å². The SMILES string of the molecule is CCCC(C)CC(NN)c1cc(C)c(Br)s1. The summed E-state index contributed by atoms with van der Waals surface area (Å²) in [5, 5.41) is 0. The van der Waals surface area contributed by atoms with Gasteiger partial charge in [-0.3, -0.25) is 11.3 Å². The molecule has 1 rings (SSSR count). The monoisotopic (exact) mass is 304 g/mol. The fourth-order valence-corrected chi connectivity index (χ4v) is 3.58. The van der Waals surface area contributed by atoms with Gasteiger partial charge in [0.15, 0.2) is 0 Å². The second kappa shape index (κ2) is 6.74. The van der Waals surface area contributed by atoms with Crippen LogP contribution in [0.25, 0.3) is 0 Å². The van der Waals surface area contributed by atoms with Crippen LogP contribution in [0.5, 0.6) is 0 Å². The Labute approximate surface area is 111 Å². The molecule has 0 radical (unpaired) electrons. The molecule has 0 aliphatic carbocycles. The molecule has 0 fully saturated rings. The lowest BCUT2D eigenvalue weighted by Crippen LogP contribution is -2.28. The first kappa shape index (κ1) is 14.2. The molecule has 0 saturated carbocycles. The second-order valence-corrected chi connectivity index (χ2v) is 6.86. The topological polar surface area (TPSA) is 38.0 Å². The zero-order chi connectivity index (χ0) is 12.1. The number of aryl methyl sites for hydroxylation is 1. The molecule has 1 aromatic rings. The van der Waals surface area contributed by atoms with Gasteiger partial charge in [-0.2, -0.15) is 0 Å². The summed E-state index contributed by atoms with van der Waals surface area (Å²) in [7, 11) is 0. The summed E-state index contributed by atoms with van der Waals surface area (Å²) in [6.07, 6.45) is 3.62. The molecule has 0 bridgehead atoms. The van der Waals surface area contributed by atoms with Crippen LogP contribution in [0.4, 0.5) is 0 Å². The molecule has 16 heavy (non-hydrogen) atoms. The molecule has 2 unspecified atom stereocenters. The highest BCUT2D eigenvalue weighted by Crippen LogP contribution is 2.34. The number of halogens is 1. The number of hydrogen-bond acceptors (Lipinski definition) is 3. The fourth-order valence-electron chi connectivity index (χ4n) is 1.93. The summed E-state index contributed by atoms with van der Waals surface area (Å²) in [6.45, 7) is 6.64. The maximum atomic E-state index is 5.65. The van der Waals surface area contributed by atoms with Gasteiger partial charge in [0, 0.05) is 4.88 Å².